The summed E-state index contributed by atoms with van der Waals surface area (Å²) in [4.78, 5) is 2.81. The lowest BCUT2D eigenvalue weighted by Crippen LogP contribution is -2.18. The number of hydrogen-bond donors (Lipinski definition) is 1. The Kier molecular flexibility index (Phi) is 4.77. The number of aromatic nitrogens is 2. The molecule has 2 aromatic heterocycles. The smallest absolute Gasteiger partial charge is 0.0670 e. The second kappa shape index (κ2) is 6.35. The lowest BCUT2D eigenvalue weighted by atomic mass is 10.2. The largest absolute Gasteiger partial charge is 0.312 e. The van der Waals surface area contributed by atoms with Crippen LogP contribution in [-0.2, 0) is 13.1 Å². The summed E-state index contributed by atoms with van der Waals surface area (Å²) in [6, 6.07) is 4.36. The number of hydrogen-bond acceptors (Lipinski definition) is 3. The van der Waals surface area contributed by atoms with Gasteiger partial charge < -0.3 is 5.32 Å². The first-order chi connectivity index (χ1) is 9.04. The van der Waals surface area contributed by atoms with Gasteiger partial charge in [0, 0.05) is 22.5 Å². The highest BCUT2D eigenvalue weighted by Crippen LogP contribution is 2.22. The molecule has 0 aliphatic heterocycles. The fraction of sp³-hybridized carbons (Fsp3) is 0.533. The van der Waals surface area contributed by atoms with E-state index in [4.69, 9.17) is 0 Å². The van der Waals surface area contributed by atoms with E-state index in [1.807, 2.05) is 35.2 Å². The van der Waals surface area contributed by atoms with Gasteiger partial charge in [0.15, 0.2) is 0 Å². The van der Waals surface area contributed by atoms with Crippen molar-refractivity contribution in [2.24, 2.45) is 5.92 Å². The van der Waals surface area contributed by atoms with Gasteiger partial charge in [0.25, 0.3) is 0 Å². The summed E-state index contributed by atoms with van der Waals surface area (Å²) in [7, 11) is 0. The molecule has 0 atom stereocenters. The molecule has 0 saturated carbocycles. The van der Waals surface area contributed by atoms with Crippen molar-refractivity contribution in [2.45, 2.75) is 40.8 Å². The topological polar surface area (TPSA) is 29.9 Å². The van der Waals surface area contributed by atoms with Crippen molar-refractivity contribution in [3.05, 3.63) is 39.3 Å². The molecule has 2 aromatic rings. The van der Waals surface area contributed by atoms with Gasteiger partial charge in [-0.1, -0.05) is 13.8 Å². The minimum Gasteiger partial charge on any atom is -0.312 e. The van der Waals surface area contributed by atoms with E-state index in [-0.39, 0.29) is 0 Å². The van der Waals surface area contributed by atoms with Crippen LogP contribution in [0.5, 0.6) is 0 Å². The van der Waals surface area contributed by atoms with E-state index >= 15 is 0 Å². The summed E-state index contributed by atoms with van der Waals surface area (Å²) < 4.78 is 2.01. The Morgan fingerprint density at radius 3 is 2.79 bits per heavy atom. The number of nitrogens with one attached hydrogen (secondary N) is 1. The predicted molar refractivity (Wildman–Crippen MR) is 81.7 cm³/mol. The molecule has 0 aromatic carbocycles. The Morgan fingerprint density at radius 2 is 2.16 bits per heavy atom. The molecule has 0 amide bonds. The molecule has 0 radical (unpaired) electrons. The van der Waals surface area contributed by atoms with E-state index in [0.29, 0.717) is 5.92 Å². The van der Waals surface area contributed by atoms with E-state index in [2.05, 4.69) is 37.3 Å². The van der Waals surface area contributed by atoms with Crippen LogP contribution in [0.2, 0.25) is 0 Å². The van der Waals surface area contributed by atoms with E-state index in [9.17, 15) is 0 Å². The van der Waals surface area contributed by atoms with Gasteiger partial charge in [-0.05, 0) is 44.0 Å². The predicted octanol–water partition coefficient (Wildman–Crippen LogP) is 3.36. The van der Waals surface area contributed by atoms with Crippen LogP contribution in [-0.4, -0.2) is 16.3 Å². The van der Waals surface area contributed by atoms with Crippen LogP contribution < -0.4 is 5.32 Å². The molecule has 0 aliphatic carbocycles. The molecule has 0 fully saturated rings. The van der Waals surface area contributed by atoms with Crippen LogP contribution in [0.1, 0.15) is 34.9 Å². The molecule has 2 heterocycles. The highest BCUT2D eigenvalue weighted by molar-refractivity contribution is 7.12. The van der Waals surface area contributed by atoms with Crippen molar-refractivity contribution in [3.63, 3.8) is 0 Å². The normalized spacial score (nSPS) is 11.4. The van der Waals surface area contributed by atoms with Gasteiger partial charge in [0.1, 0.15) is 0 Å². The van der Waals surface area contributed by atoms with Crippen molar-refractivity contribution in [1.29, 1.82) is 0 Å². The van der Waals surface area contributed by atoms with Crippen LogP contribution in [0, 0.1) is 19.8 Å². The molecule has 104 valence electrons. The minimum atomic E-state index is 0.701. The van der Waals surface area contributed by atoms with Gasteiger partial charge >= 0.3 is 0 Å². The molecule has 0 saturated heterocycles. The van der Waals surface area contributed by atoms with Crippen molar-refractivity contribution >= 4 is 11.3 Å². The highest BCUT2D eigenvalue weighted by atomic mass is 32.1. The lowest BCUT2D eigenvalue weighted by molar-refractivity contribution is 0.554. The summed E-state index contributed by atoms with van der Waals surface area (Å²) in [6.07, 6.45) is 2.04. The first kappa shape index (κ1) is 14.3. The summed E-state index contributed by atoms with van der Waals surface area (Å²) in [5, 5.41) is 7.94. The monoisotopic (exact) mass is 277 g/mol. The molecule has 0 unspecified atom stereocenters. The fourth-order valence-corrected chi connectivity index (χ4v) is 3.06. The molecular formula is C15H23N3S. The Labute approximate surface area is 119 Å². The molecule has 4 heteroatoms. The molecule has 0 spiro atoms. The molecule has 3 nitrogen and oxygen atoms in total. The zero-order valence-electron chi connectivity index (χ0n) is 12.2. The van der Waals surface area contributed by atoms with E-state index in [1.165, 1.54) is 15.3 Å². The van der Waals surface area contributed by atoms with Crippen LogP contribution >= 0.6 is 11.3 Å². The van der Waals surface area contributed by atoms with Crippen LogP contribution in [0.4, 0.5) is 0 Å². The van der Waals surface area contributed by atoms with Crippen molar-refractivity contribution in [1.82, 2.24) is 15.1 Å². The molecule has 2 rings (SSSR count). The van der Waals surface area contributed by atoms with Crippen molar-refractivity contribution in [3.8, 4) is 0 Å². The van der Waals surface area contributed by atoms with Gasteiger partial charge in [-0.15, -0.1) is 11.3 Å². The summed E-state index contributed by atoms with van der Waals surface area (Å²) in [6.45, 7) is 11.6. The van der Waals surface area contributed by atoms with Gasteiger partial charge in [-0.25, -0.2) is 0 Å². The third-order valence-electron chi connectivity index (χ3n) is 3.03. The van der Waals surface area contributed by atoms with Gasteiger partial charge in [-0.2, -0.15) is 5.10 Å². The maximum atomic E-state index is 4.45. The first-order valence-electron chi connectivity index (χ1n) is 6.83. The number of aryl methyl sites for hydroxylation is 2. The standard InChI is InChI=1S/C15H23N3S/c1-11(2)8-16-9-15-7-14(13(4)19-15)10-18-6-5-12(3)17-18/h5-7,11,16H,8-10H2,1-4H3. The Morgan fingerprint density at radius 1 is 1.37 bits per heavy atom. The Bertz CT molecular complexity index is 525. The maximum Gasteiger partial charge on any atom is 0.0670 e. The first-order valence-corrected chi connectivity index (χ1v) is 7.65. The Hall–Kier alpha value is -1.13. The van der Waals surface area contributed by atoms with Crippen LogP contribution in [0.25, 0.3) is 0 Å². The average molecular weight is 277 g/mol. The highest BCUT2D eigenvalue weighted by Gasteiger charge is 2.07. The van der Waals surface area contributed by atoms with Gasteiger partial charge in [0.2, 0.25) is 0 Å². The fourth-order valence-electron chi connectivity index (χ4n) is 2.04. The molecule has 0 aliphatic rings. The summed E-state index contributed by atoms with van der Waals surface area (Å²) in [5.74, 6) is 0.701. The summed E-state index contributed by atoms with van der Waals surface area (Å²) in [5.41, 5.74) is 2.46. The SMILES string of the molecule is Cc1ccn(Cc2cc(CNCC(C)C)sc2C)n1. The van der Waals surface area contributed by atoms with E-state index in [1.54, 1.807) is 0 Å². The molecule has 19 heavy (non-hydrogen) atoms. The van der Waals surface area contributed by atoms with Gasteiger partial charge in [-0.3, -0.25) is 4.68 Å². The second-order valence-corrected chi connectivity index (χ2v) is 6.81. The summed E-state index contributed by atoms with van der Waals surface area (Å²) >= 11 is 1.89. The number of rotatable bonds is 6. The number of thiophene rings is 1. The lowest BCUT2D eigenvalue weighted by Gasteiger charge is -2.05. The van der Waals surface area contributed by atoms with Crippen molar-refractivity contribution < 1.29 is 0 Å². The van der Waals surface area contributed by atoms with Crippen molar-refractivity contribution in [2.75, 3.05) is 6.54 Å². The Balaban J connectivity index is 1.96. The zero-order chi connectivity index (χ0) is 13.8. The molecular weight excluding hydrogens is 254 g/mol. The second-order valence-electron chi connectivity index (χ2n) is 5.47. The van der Waals surface area contributed by atoms with Crippen LogP contribution in [0.3, 0.4) is 0 Å². The third-order valence-corrected chi connectivity index (χ3v) is 4.12. The average Bonchev–Trinajstić information content (AvgIpc) is 2.87. The van der Waals surface area contributed by atoms with E-state index in [0.717, 1.165) is 25.3 Å². The molecule has 0 bridgehead atoms. The quantitative estimate of drug-likeness (QED) is 0.877. The maximum absolute atomic E-state index is 4.45. The van der Waals surface area contributed by atoms with Gasteiger partial charge in [0.05, 0.1) is 12.2 Å². The minimum absolute atomic E-state index is 0.701. The van der Waals surface area contributed by atoms with E-state index < -0.39 is 0 Å². The third kappa shape index (κ3) is 4.18. The number of nitrogens with zero attached hydrogens (tertiary/aromatic N) is 2. The zero-order valence-corrected chi connectivity index (χ0v) is 13.0. The molecule has 1 N–H and O–H groups in total. The van der Waals surface area contributed by atoms with Crippen LogP contribution in [0.15, 0.2) is 18.3 Å².